The van der Waals surface area contributed by atoms with Gasteiger partial charge in [0.05, 0.1) is 5.52 Å². The van der Waals surface area contributed by atoms with E-state index in [0.717, 1.165) is 79.1 Å². The molecule has 2 aromatic heterocycles. The normalized spacial score (nSPS) is 19.1. The highest BCUT2D eigenvalue weighted by Gasteiger charge is 2.30. The Balaban J connectivity index is 1.15. The van der Waals surface area contributed by atoms with Gasteiger partial charge in [-0.1, -0.05) is 11.3 Å². The molecule has 1 amide bonds. The number of pyridine rings is 1. The number of rotatable bonds is 4. The van der Waals surface area contributed by atoms with Crippen LogP contribution in [-0.2, 0) is 0 Å². The van der Waals surface area contributed by atoms with Gasteiger partial charge in [-0.05, 0) is 62.4 Å². The van der Waals surface area contributed by atoms with E-state index in [9.17, 15) is 4.79 Å². The molecule has 4 heterocycles. The Morgan fingerprint density at radius 3 is 2.58 bits per heavy atom. The summed E-state index contributed by atoms with van der Waals surface area (Å²) in [6.07, 6.45) is 8.05. The minimum Gasteiger partial charge on any atom is -0.467 e. The number of hydrogen-bond donors (Lipinski definition) is 0. The van der Waals surface area contributed by atoms with E-state index in [1.165, 1.54) is 0 Å². The third-order valence-corrected chi connectivity index (χ3v) is 7.29. The lowest BCUT2D eigenvalue weighted by Crippen LogP contribution is -2.50. The minimum absolute atomic E-state index is 0.138. The molecule has 2 fully saturated rings. The maximum atomic E-state index is 13.1. The first-order valence-corrected chi connectivity index (χ1v) is 12.0. The second kappa shape index (κ2) is 8.93. The molecule has 31 heavy (non-hydrogen) atoms. The van der Waals surface area contributed by atoms with Gasteiger partial charge in [0.25, 0.3) is 11.1 Å². The number of benzene rings is 1. The molecule has 0 atom stereocenters. The van der Waals surface area contributed by atoms with Crippen molar-refractivity contribution in [1.82, 2.24) is 19.8 Å². The number of carbonyl (C=O) groups excluding carboxylic acids is 1. The number of fused-ring (bicyclic) bond motifs is 1. The number of thiazole rings is 1. The number of amides is 1. The number of aromatic nitrogens is 2. The Bertz CT molecular complexity index is 1040. The molecule has 6 nitrogen and oxygen atoms in total. The molecule has 3 aromatic rings. The third kappa shape index (κ3) is 4.43. The second-order valence-corrected chi connectivity index (χ2v) is 9.39. The van der Waals surface area contributed by atoms with E-state index in [1.807, 2.05) is 40.7 Å². The van der Waals surface area contributed by atoms with Gasteiger partial charge in [-0.2, -0.15) is 0 Å². The molecule has 2 aliphatic rings. The third-order valence-electron chi connectivity index (χ3n) is 6.63. The van der Waals surface area contributed by atoms with Crippen LogP contribution in [0.4, 0.5) is 0 Å². The summed E-state index contributed by atoms with van der Waals surface area (Å²) in [4.78, 5) is 26.3. The van der Waals surface area contributed by atoms with Crippen LogP contribution in [0.1, 0.15) is 41.6 Å². The largest absolute Gasteiger partial charge is 0.467 e. The summed E-state index contributed by atoms with van der Waals surface area (Å²) in [7, 11) is 0. The maximum absolute atomic E-state index is 13.1. The van der Waals surface area contributed by atoms with E-state index in [0.29, 0.717) is 6.04 Å². The van der Waals surface area contributed by atoms with Crippen molar-refractivity contribution < 1.29 is 9.53 Å². The predicted octanol–water partition coefficient (Wildman–Crippen LogP) is 4.15. The zero-order valence-electron chi connectivity index (χ0n) is 17.9. The fourth-order valence-electron chi connectivity index (χ4n) is 4.80. The first-order valence-electron chi connectivity index (χ1n) is 11.1. The Morgan fingerprint density at radius 2 is 1.84 bits per heavy atom. The molecule has 0 bridgehead atoms. The van der Waals surface area contributed by atoms with E-state index in [1.54, 1.807) is 17.5 Å². The molecule has 0 unspecified atom stereocenters. The molecule has 0 saturated carbocycles. The van der Waals surface area contributed by atoms with Crippen LogP contribution >= 0.6 is 11.3 Å². The van der Waals surface area contributed by atoms with Gasteiger partial charge in [0.2, 0.25) is 0 Å². The summed E-state index contributed by atoms with van der Waals surface area (Å²) >= 11 is 1.56. The fraction of sp³-hybridized carbons (Fsp3) is 0.458. The van der Waals surface area contributed by atoms with E-state index in [-0.39, 0.29) is 12.0 Å². The predicted molar refractivity (Wildman–Crippen MR) is 123 cm³/mol. The van der Waals surface area contributed by atoms with Crippen LogP contribution in [0.25, 0.3) is 10.9 Å². The SMILES string of the molecule is Cc1ccnc2ccc(C(=O)N3CCC(N4CCC(Oc5nccs5)CC4)CC3)cc12. The average Bonchev–Trinajstić information content (AvgIpc) is 3.32. The monoisotopic (exact) mass is 436 g/mol. The molecule has 2 saturated heterocycles. The van der Waals surface area contributed by atoms with E-state index in [2.05, 4.69) is 21.8 Å². The van der Waals surface area contributed by atoms with Gasteiger partial charge in [0, 0.05) is 60.9 Å². The van der Waals surface area contributed by atoms with Crippen LogP contribution in [-0.4, -0.2) is 64.0 Å². The average molecular weight is 437 g/mol. The van der Waals surface area contributed by atoms with Gasteiger partial charge in [-0.15, -0.1) is 0 Å². The maximum Gasteiger partial charge on any atom is 0.273 e. The van der Waals surface area contributed by atoms with Gasteiger partial charge in [-0.25, -0.2) is 4.98 Å². The number of ether oxygens (including phenoxy) is 1. The lowest BCUT2D eigenvalue weighted by atomic mass is 9.98. The number of likely N-dealkylation sites (tertiary alicyclic amines) is 2. The van der Waals surface area contributed by atoms with Crippen molar-refractivity contribution in [3.63, 3.8) is 0 Å². The molecule has 0 aliphatic carbocycles. The number of piperidine rings is 2. The highest BCUT2D eigenvalue weighted by Crippen LogP contribution is 2.26. The Hall–Kier alpha value is -2.51. The first kappa shape index (κ1) is 20.4. The smallest absolute Gasteiger partial charge is 0.273 e. The van der Waals surface area contributed by atoms with Crippen molar-refractivity contribution in [2.75, 3.05) is 26.2 Å². The van der Waals surface area contributed by atoms with E-state index in [4.69, 9.17) is 4.74 Å². The van der Waals surface area contributed by atoms with Crippen LogP contribution < -0.4 is 4.74 Å². The fourth-order valence-corrected chi connectivity index (χ4v) is 5.35. The molecule has 5 rings (SSSR count). The zero-order chi connectivity index (χ0) is 21.2. The lowest BCUT2D eigenvalue weighted by molar-refractivity contribution is 0.0425. The Morgan fingerprint density at radius 1 is 1.03 bits per heavy atom. The van der Waals surface area contributed by atoms with Crippen LogP contribution in [0.15, 0.2) is 42.0 Å². The Kier molecular flexibility index (Phi) is 5.87. The van der Waals surface area contributed by atoms with Crippen LogP contribution in [0, 0.1) is 6.92 Å². The van der Waals surface area contributed by atoms with Gasteiger partial charge >= 0.3 is 0 Å². The number of hydrogen-bond acceptors (Lipinski definition) is 6. The second-order valence-electron chi connectivity index (χ2n) is 8.53. The van der Waals surface area contributed by atoms with Crippen molar-refractivity contribution in [2.24, 2.45) is 0 Å². The summed E-state index contributed by atoms with van der Waals surface area (Å²) < 4.78 is 5.99. The van der Waals surface area contributed by atoms with E-state index >= 15 is 0 Å². The Labute approximate surface area is 186 Å². The van der Waals surface area contributed by atoms with Crippen molar-refractivity contribution in [3.8, 4) is 5.19 Å². The number of nitrogens with zero attached hydrogens (tertiary/aromatic N) is 4. The first-order chi connectivity index (χ1) is 15.2. The highest BCUT2D eigenvalue weighted by atomic mass is 32.1. The summed E-state index contributed by atoms with van der Waals surface area (Å²) in [6.45, 7) is 5.83. The van der Waals surface area contributed by atoms with Crippen molar-refractivity contribution in [2.45, 2.75) is 44.8 Å². The van der Waals surface area contributed by atoms with Crippen molar-refractivity contribution in [1.29, 1.82) is 0 Å². The van der Waals surface area contributed by atoms with Crippen molar-refractivity contribution in [3.05, 3.63) is 53.2 Å². The van der Waals surface area contributed by atoms with Crippen LogP contribution in [0.5, 0.6) is 5.19 Å². The minimum atomic E-state index is 0.138. The standard InChI is InChI=1S/C24H28N4O2S/c1-17-4-9-25-22-3-2-18(16-21(17)22)23(29)28-11-5-19(6-12-28)27-13-7-20(8-14-27)30-24-26-10-15-31-24/h2-4,9-10,15-16,19-20H,5-8,11-14H2,1H3. The molecule has 0 N–H and O–H groups in total. The molecule has 162 valence electrons. The molecular formula is C24H28N4O2S. The van der Waals surface area contributed by atoms with Crippen molar-refractivity contribution >= 4 is 28.1 Å². The van der Waals surface area contributed by atoms with Gasteiger partial charge in [0.15, 0.2) is 0 Å². The molecular weight excluding hydrogens is 408 g/mol. The molecule has 0 spiro atoms. The molecule has 7 heteroatoms. The van der Waals surface area contributed by atoms with Gasteiger partial charge < -0.3 is 9.64 Å². The molecule has 0 radical (unpaired) electrons. The topological polar surface area (TPSA) is 58.6 Å². The zero-order valence-corrected chi connectivity index (χ0v) is 18.7. The highest BCUT2D eigenvalue weighted by molar-refractivity contribution is 7.11. The lowest BCUT2D eigenvalue weighted by Gasteiger charge is -2.41. The quantitative estimate of drug-likeness (QED) is 0.615. The summed E-state index contributed by atoms with van der Waals surface area (Å²) in [6, 6.07) is 8.43. The number of aryl methyl sites for hydroxylation is 1. The summed E-state index contributed by atoms with van der Waals surface area (Å²) in [5, 5.41) is 3.80. The molecule has 2 aliphatic heterocycles. The van der Waals surface area contributed by atoms with Gasteiger partial charge in [0.1, 0.15) is 6.10 Å². The van der Waals surface area contributed by atoms with E-state index < -0.39 is 0 Å². The van der Waals surface area contributed by atoms with Crippen LogP contribution in [0.3, 0.4) is 0 Å². The number of carbonyl (C=O) groups is 1. The summed E-state index contributed by atoms with van der Waals surface area (Å²) in [5.74, 6) is 0.138. The van der Waals surface area contributed by atoms with Gasteiger partial charge in [-0.3, -0.25) is 14.7 Å². The van der Waals surface area contributed by atoms with Crippen LogP contribution in [0.2, 0.25) is 0 Å². The molecule has 1 aromatic carbocycles. The summed E-state index contributed by atoms with van der Waals surface area (Å²) in [5.41, 5.74) is 2.86.